The molecule has 2 heteroatoms. The van der Waals surface area contributed by atoms with Crippen LogP contribution in [-0.2, 0) is 0 Å². The van der Waals surface area contributed by atoms with E-state index in [0.717, 1.165) is 12.0 Å². The molecular formula is C9H18N2. The Bertz CT molecular complexity index is 146. The molecule has 0 saturated carbocycles. The molecule has 0 radical (unpaired) electrons. The molecule has 0 aromatic rings. The maximum absolute atomic E-state index is 7.20. The molecule has 0 amide bonds. The molecule has 11 heavy (non-hydrogen) atoms. The van der Waals surface area contributed by atoms with Crippen molar-refractivity contribution < 1.29 is 0 Å². The molecule has 0 heterocycles. The molecule has 0 aliphatic carbocycles. The van der Waals surface area contributed by atoms with E-state index in [1.807, 2.05) is 20.8 Å². The minimum atomic E-state index is 0.574. The van der Waals surface area contributed by atoms with E-state index in [9.17, 15) is 0 Å². The molecular weight excluding hydrogens is 136 g/mol. The summed E-state index contributed by atoms with van der Waals surface area (Å²) in [4.78, 5) is 3.58. The van der Waals surface area contributed by atoms with E-state index in [0.29, 0.717) is 5.71 Å². The van der Waals surface area contributed by atoms with Gasteiger partial charge in [-0.25, -0.2) is 0 Å². The molecule has 0 atom stereocenters. The Morgan fingerprint density at radius 3 is 2.09 bits per heavy atom. The maximum Gasteiger partial charge on any atom is 0.0330 e. The number of hydrogen-bond acceptors (Lipinski definition) is 2. The molecule has 0 spiro atoms. The molecule has 0 aromatic carbocycles. The third-order valence-corrected chi connectivity index (χ3v) is 1.11. The quantitative estimate of drug-likeness (QED) is 0.606. The van der Waals surface area contributed by atoms with E-state index in [1.165, 1.54) is 0 Å². The third kappa shape index (κ3) is 6.97. The average Bonchev–Trinajstić information content (AvgIpc) is 2.03. The summed E-state index contributed by atoms with van der Waals surface area (Å²) < 4.78 is 0. The van der Waals surface area contributed by atoms with Crippen molar-refractivity contribution in [3.8, 4) is 0 Å². The minimum absolute atomic E-state index is 0.574. The summed E-state index contributed by atoms with van der Waals surface area (Å²) in [6.45, 7) is 11.1. The van der Waals surface area contributed by atoms with Crippen LogP contribution in [0.4, 0.5) is 0 Å². The standard InChI is InChI=1S/C7H12N2.C2H6/c1-4-7(5-9-3)6(2)8;1-2/h5,8H,3-4H2,1-2H3;1-2H3/b7-5-,8-6?;. The van der Waals surface area contributed by atoms with E-state index in [-0.39, 0.29) is 0 Å². The van der Waals surface area contributed by atoms with E-state index in [4.69, 9.17) is 5.41 Å². The van der Waals surface area contributed by atoms with E-state index in [2.05, 4.69) is 11.7 Å². The van der Waals surface area contributed by atoms with Crippen molar-refractivity contribution in [2.75, 3.05) is 0 Å². The summed E-state index contributed by atoms with van der Waals surface area (Å²) in [5.74, 6) is 0. The van der Waals surface area contributed by atoms with Gasteiger partial charge in [-0.3, -0.25) is 4.99 Å². The molecule has 1 N–H and O–H groups in total. The van der Waals surface area contributed by atoms with Gasteiger partial charge in [-0.1, -0.05) is 20.8 Å². The molecule has 0 saturated heterocycles. The topological polar surface area (TPSA) is 36.2 Å². The fourth-order valence-corrected chi connectivity index (χ4v) is 0.563. The van der Waals surface area contributed by atoms with Gasteiger partial charge < -0.3 is 5.41 Å². The predicted molar refractivity (Wildman–Crippen MR) is 52.7 cm³/mol. The summed E-state index contributed by atoms with van der Waals surface area (Å²) in [7, 11) is 0. The van der Waals surface area contributed by atoms with Crippen LogP contribution < -0.4 is 0 Å². The number of nitrogens with zero attached hydrogens (tertiary/aromatic N) is 1. The van der Waals surface area contributed by atoms with Crippen LogP contribution >= 0.6 is 0 Å². The first kappa shape index (κ1) is 12.7. The highest BCUT2D eigenvalue weighted by Crippen LogP contribution is 2.00. The van der Waals surface area contributed by atoms with Crippen LogP contribution in [0, 0.1) is 5.41 Å². The highest BCUT2D eigenvalue weighted by atomic mass is 14.6. The molecule has 0 fully saturated rings. The Hall–Kier alpha value is -0.920. The predicted octanol–water partition coefficient (Wildman–Crippen LogP) is 3.05. The highest BCUT2D eigenvalue weighted by Gasteiger charge is 1.92. The first-order valence-corrected chi connectivity index (χ1v) is 3.92. The largest absolute Gasteiger partial charge is 0.305 e. The van der Waals surface area contributed by atoms with E-state index >= 15 is 0 Å². The summed E-state index contributed by atoms with van der Waals surface area (Å²) in [5.41, 5.74) is 1.52. The zero-order valence-corrected chi connectivity index (χ0v) is 7.94. The van der Waals surface area contributed by atoms with Gasteiger partial charge in [-0.15, -0.1) is 0 Å². The molecule has 64 valence electrons. The maximum atomic E-state index is 7.20. The molecule has 0 aromatic heterocycles. The van der Waals surface area contributed by atoms with Crippen LogP contribution in [0.3, 0.4) is 0 Å². The number of hydrogen-bond donors (Lipinski definition) is 1. The fourth-order valence-electron chi connectivity index (χ4n) is 0.563. The monoisotopic (exact) mass is 154 g/mol. The van der Waals surface area contributed by atoms with Crippen molar-refractivity contribution in [2.45, 2.75) is 34.1 Å². The zero-order valence-electron chi connectivity index (χ0n) is 7.94. The second-order valence-corrected chi connectivity index (χ2v) is 1.82. The van der Waals surface area contributed by atoms with Crippen LogP contribution in [0.15, 0.2) is 16.8 Å². The first-order chi connectivity index (χ1) is 5.22. The Kier molecular flexibility index (Phi) is 10.5. The van der Waals surface area contributed by atoms with Gasteiger partial charge in [-0.05, 0) is 25.6 Å². The molecule has 0 unspecified atom stereocenters. The third-order valence-electron chi connectivity index (χ3n) is 1.11. The Labute approximate surface area is 69.6 Å². The van der Waals surface area contributed by atoms with E-state index in [1.54, 1.807) is 13.1 Å². The van der Waals surface area contributed by atoms with Gasteiger partial charge >= 0.3 is 0 Å². The molecule has 0 aliphatic heterocycles. The number of aliphatic imine (C=N–C) groups is 1. The Morgan fingerprint density at radius 2 is 2.00 bits per heavy atom. The molecule has 0 bridgehead atoms. The van der Waals surface area contributed by atoms with Crippen molar-refractivity contribution in [3.63, 3.8) is 0 Å². The Balaban J connectivity index is 0. The second kappa shape index (κ2) is 9.08. The molecule has 0 rings (SSSR count). The van der Waals surface area contributed by atoms with Gasteiger partial charge in [0.15, 0.2) is 0 Å². The first-order valence-electron chi connectivity index (χ1n) is 3.92. The zero-order chi connectivity index (χ0) is 9.28. The van der Waals surface area contributed by atoms with Gasteiger partial charge in [0.05, 0.1) is 0 Å². The van der Waals surface area contributed by atoms with Gasteiger partial charge in [-0.2, -0.15) is 0 Å². The van der Waals surface area contributed by atoms with Crippen molar-refractivity contribution in [3.05, 3.63) is 11.8 Å². The minimum Gasteiger partial charge on any atom is -0.305 e. The fraction of sp³-hybridized carbons (Fsp3) is 0.556. The summed E-state index contributed by atoms with van der Waals surface area (Å²) >= 11 is 0. The van der Waals surface area contributed by atoms with Crippen LogP contribution in [0.5, 0.6) is 0 Å². The lowest BCUT2D eigenvalue weighted by molar-refractivity contribution is 1.14. The van der Waals surface area contributed by atoms with Gasteiger partial charge in [0.1, 0.15) is 0 Å². The van der Waals surface area contributed by atoms with Crippen LogP contribution in [0.25, 0.3) is 0 Å². The van der Waals surface area contributed by atoms with Crippen LogP contribution in [0.1, 0.15) is 34.1 Å². The number of allylic oxidation sites excluding steroid dienone is 1. The van der Waals surface area contributed by atoms with Crippen molar-refractivity contribution in [1.82, 2.24) is 0 Å². The van der Waals surface area contributed by atoms with Gasteiger partial charge in [0.25, 0.3) is 0 Å². The lowest BCUT2D eigenvalue weighted by atomic mass is 10.1. The van der Waals surface area contributed by atoms with Gasteiger partial charge in [0.2, 0.25) is 0 Å². The number of nitrogens with one attached hydrogen (secondary N) is 1. The van der Waals surface area contributed by atoms with E-state index < -0.39 is 0 Å². The lowest BCUT2D eigenvalue weighted by Crippen LogP contribution is -1.92. The molecule has 0 aliphatic rings. The van der Waals surface area contributed by atoms with Crippen molar-refractivity contribution in [2.24, 2.45) is 4.99 Å². The smallest absolute Gasteiger partial charge is 0.0330 e. The Morgan fingerprint density at radius 1 is 1.55 bits per heavy atom. The SMILES string of the molecule is C=N/C=C(/CC)C(C)=N.CC. The molecule has 2 nitrogen and oxygen atoms in total. The summed E-state index contributed by atoms with van der Waals surface area (Å²) in [6, 6.07) is 0. The van der Waals surface area contributed by atoms with Gasteiger partial charge in [0, 0.05) is 11.9 Å². The summed E-state index contributed by atoms with van der Waals surface area (Å²) in [5, 5.41) is 7.20. The second-order valence-electron chi connectivity index (χ2n) is 1.82. The summed E-state index contributed by atoms with van der Waals surface area (Å²) in [6.07, 6.45) is 2.48. The highest BCUT2D eigenvalue weighted by molar-refractivity contribution is 5.95. The number of rotatable bonds is 3. The average molecular weight is 154 g/mol. The lowest BCUT2D eigenvalue weighted by Gasteiger charge is -1.96. The van der Waals surface area contributed by atoms with Crippen LogP contribution in [0.2, 0.25) is 0 Å². The van der Waals surface area contributed by atoms with Crippen molar-refractivity contribution in [1.29, 1.82) is 5.41 Å². The van der Waals surface area contributed by atoms with Crippen LogP contribution in [-0.4, -0.2) is 12.4 Å². The van der Waals surface area contributed by atoms with Crippen molar-refractivity contribution >= 4 is 12.4 Å². The normalized spacial score (nSPS) is 9.64.